The van der Waals surface area contributed by atoms with Crippen LogP contribution in [0.5, 0.6) is 0 Å². The molecule has 0 aliphatic rings. The minimum atomic E-state index is 0.995. The van der Waals surface area contributed by atoms with Crippen molar-refractivity contribution >= 4 is 24.0 Å². The molecule has 0 spiro atoms. The lowest BCUT2D eigenvalue weighted by Gasteiger charge is -2.18. The molecule has 0 fully saturated rings. The molecular weight excluding hydrogens is 180 g/mol. The first-order chi connectivity index (χ1) is 6.00. The van der Waals surface area contributed by atoms with Crippen LogP contribution in [0.4, 0.5) is 11.4 Å². The third-order valence-corrected chi connectivity index (χ3v) is 2.18. The van der Waals surface area contributed by atoms with Crippen LogP contribution in [0.3, 0.4) is 0 Å². The molecule has 0 amide bonds. The summed E-state index contributed by atoms with van der Waals surface area (Å²) in [7, 11) is 8.12. The van der Waals surface area contributed by atoms with E-state index in [0.717, 1.165) is 4.90 Å². The fraction of sp³-hybridized carbons (Fsp3) is 0.400. The van der Waals surface area contributed by atoms with Crippen molar-refractivity contribution in [3.8, 4) is 0 Å². The maximum atomic E-state index is 4.36. The molecule has 72 valence electrons. The Morgan fingerprint density at radius 1 is 0.846 bits per heavy atom. The molecule has 13 heavy (non-hydrogen) atoms. The summed E-state index contributed by atoms with van der Waals surface area (Å²) in [6.45, 7) is 0. The molecule has 0 unspecified atom stereocenters. The van der Waals surface area contributed by atoms with Gasteiger partial charge in [-0.1, -0.05) is 0 Å². The number of hydrogen-bond acceptors (Lipinski definition) is 3. The van der Waals surface area contributed by atoms with Crippen molar-refractivity contribution in [1.29, 1.82) is 0 Å². The zero-order valence-electron chi connectivity index (χ0n) is 8.57. The van der Waals surface area contributed by atoms with Crippen LogP contribution in [-0.4, -0.2) is 28.2 Å². The van der Waals surface area contributed by atoms with Gasteiger partial charge >= 0.3 is 0 Å². The molecule has 0 N–H and O–H groups in total. The largest absolute Gasteiger partial charge is 0.378 e. The van der Waals surface area contributed by atoms with Crippen molar-refractivity contribution in [1.82, 2.24) is 0 Å². The Hall–Kier alpha value is -0.830. The van der Waals surface area contributed by atoms with E-state index in [0.29, 0.717) is 0 Å². The van der Waals surface area contributed by atoms with Crippen molar-refractivity contribution in [2.24, 2.45) is 0 Å². The van der Waals surface area contributed by atoms with E-state index in [1.807, 2.05) is 28.2 Å². The molecule has 1 rings (SSSR count). The number of hydrogen-bond donors (Lipinski definition) is 1. The quantitative estimate of drug-likeness (QED) is 0.724. The van der Waals surface area contributed by atoms with Crippen LogP contribution in [0.15, 0.2) is 23.1 Å². The van der Waals surface area contributed by atoms with Crippen molar-refractivity contribution in [3.05, 3.63) is 18.2 Å². The van der Waals surface area contributed by atoms with E-state index in [1.165, 1.54) is 11.4 Å². The molecule has 0 atom stereocenters. The van der Waals surface area contributed by atoms with Crippen LogP contribution in [0.2, 0.25) is 0 Å². The second-order valence-electron chi connectivity index (χ2n) is 3.50. The first-order valence-corrected chi connectivity index (χ1v) is 4.64. The van der Waals surface area contributed by atoms with Gasteiger partial charge in [0.2, 0.25) is 0 Å². The van der Waals surface area contributed by atoms with Crippen LogP contribution >= 0.6 is 12.6 Å². The Kier molecular flexibility index (Phi) is 3.09. The van der Waals surface area contributed by atoms with E-state index in [1.54, 1.807) is 0 Å². The molecule has 0 heterocycles. The minimum Gasteiger partial charge on any atom is -0.378 e. The number of thiol groups is 1. The summed E-state index contributed by atoms with van der Waals surface area (Å²) in [5.74, 6) is 0. The van der Waals surface area contributed by atoms with Crippen LogP contribution < -0.4 is 9.80 Å². The van der Waals surface area contributed by atoms with E-state index in [-0.39, 0.29) is 0 Å². The molecular formula is C10H16N2S. The van der Waals surface area contributed by atoms with E-state index < -0.39 is 0 Å². The topological polar surface area (TPSA) is 6.48 Å². The maximum Gasteiger partial charge on any atom is 0.0392 e. The van der Waals surface area contributed by atoms with E-state index in [4.69, 9.17) is 0 Å². The van der Waals surface area contributed by atoms with Crippen LogP contribution in [-0.2, 0) is 0 Å². The lowest BCUT2D eigenvalue weighted by molar-refractivity contribution is 1.09. The predicted octanol–water partition coefficient (Wildman–Crippen LogP) is 2.11. The summed E-state index contributed by atoms with van der Waals surface area (Å²) in [5.41, 5.74) is 2.35. The van der Waals surface area contributed by atoms with Crippen LogP contribution in [0, 0.1) is 0 Å². The Morgan fingerprint density at radius 2 is 1.23 bits per heavy atom. The third-order valence-electron chi connectivity index (χ3n) is 1.92. The Morgan fingerprint density at radius 3 is 1.54 bits per heavy atom. The molecule has 0 saturated heterocycles. The third kappa shape index (κ3) is 2.56. The maximum absolute atomic E-state index is 4.36. The van der Waals surface area contributed by atoms with Crippen LogP contribution in [0.1, 0.15) is 0 Å². The van der Waals surface area contributed by atoms with E-state index in [2.05, 4.69) is 40.6 Å². The summed E-state index contributed by atoms with van der Waals surface area (Å²) >= 11 is 4.36. The van der Waals surface area contributed by atoms with E-state index in [9.17, 15) is 0 Å². The lowest BCUT2D eigenvalue weighted by Crippen LogP contribution is -2.12. The molecule has 1 aromatic rings. The molecule has 0 bridgehead atoms. The van der Waals surface area contributed by atoms with Crippen LogP contribution in [0.25, 0.3) is 0 Å². The Labute approximate surface area is 85.6 Å². The van der Waals surface area contributed by atoms with Gasteiger partial charge in [0.25, 0.3) is 0 Å². The van der Waals surface area contributed by atoms with E-state index >= 15 is 0 Å². The number of rotatable bonds is 2. The minimum absolute atomic E-state index is 0.995. The average molecular weight is 196 g/mol. The van der Waals surface area contributed by atoms with Gasteiger partial charge in [0.1, 0.15) is 0 Å². The van der Waals surface area contributed by atoms with Gasteiger partial charge in [0.05, 0.1) is 0 Å². The molecule has 2 nitrogen and oxygen atoms in total. The highest BCUT2D eigenvalue weighted by Gasteiger charge is 2.01. The standard InChI is InChI=1S/C10H16N2S/c1-11(2)8-5-9(12(3)4)7-10(13)6-8/h5-7,13H,1-4H3. The SMILES string of the molecule is CN(C)c1cc(S)cc(N(C)C)c1. The molecule has 0 aliphatic carbocycles. The van der Waals surface area contributed by atoms with Crippen molar-refractivity contribution < 1.29 is 0 Å². The first kappa shape index (κ1) is 10.3. The Bertz CT molecular complexity index is 269. The normalized spacial score (nSPS) is 9.92. The number of benzene rings is 1. The summed E-state index contributed by atoms with van der Waals surface area (Å²) in [5, 5.41) is 0. The van der Waals surface area contributed by atoms with Gasteiger partial charge < -0.3 is 9.80 Å². The van der Waals surface area contributed by atoms with Crippen molar-refractivity contribution in [2.45, 2.75) is 4.90 Å². The summed E-state index contributed by atoms with van der Waals surface area (Å²) in [6.07, 6.45) is 0. The number of anilines is 2. The number of nitrogens with zero attached hydrogens (tertiary/aromatic N) is 2. The van der Waals surface area contributed by atoms with Gasteiger partial charge in [-0.3, -0.25) is 0 Å². The zero-order chi connectivity index (χ0) is 10.0. The second kappa shape index (κ2) is 3.92. The van der Waals surface area contributed by atoms with Gasteiger partial charge in [-0.2, -0.15) is 0 Å². The average Bonchev–Trinajstić information content (AvgIpc) is 2.03. The smallest absolute Gasteiger partial charge is 0.0392 e. The highest BCUT2D eigenvalue weighted by molar-refractivity contribution is 7.80. The van der Waals surface area contributed by atoms with Gasteiger partial charge in [-0.25, -0.2) is 0 Å². The molecule has 0 saturated carbocycles. The van der Waals surface area contributed by atoms with Crippen molar-refractivity contribution in [2.75, 3.05) is 38.0 Å². The molecule has 3 heteroatoms. The fourth-order valence-electron chi connectivity index (χ4n) is 1.10. The first-order valence-electron chi connectivity index (χ1n) is 4.19. The fourth-order valence-corrected chi connectivity index (χ4v) is 1.36. The van der Waals surface area contributed by atoms with Gasteiger partial charge in [0.15, 0.2) is 0 Å². The Balaban J connectivity index is 3.11. The monoisotopic (exact) mass is 196 g/mol. The molecule has 0 aromatic heterocycles. The molecule has 0 aliphatic heterocycles. The van der Waals surface area contributed by atoms with Gasteiger partial charge in [-0.05, 0) is 18.2 Å². The second-order valence-corrected chi connectivity index (χ2v) is 4.01. The highest BCUT2D eigenvalue weighted by Crippen LogP contribution is 2.24. The summed E-state index contributed by atoms with van der Waals surface area (Å²) in [4.78, 5) is 5.15. The highest BCUT2D eigenvalue weighted by atomic mass is 32.1. The van der Waals surface area contributed by atoms with Crippen molar-refractivity contribution in [3.63, 3.8) is 0 Å². The zero-order valence-corrected chi connectivity index (χ0v) is 9.47. The summed E-state index contributed by atoms with van der Waals surface area (Å²) < 4.78 is 0. The summed E-state index contributed by atoms with van der Waals surface area (Å²) in [6, 6.07) is 6.24. The molecule has 1 aromatic carbocycles. The van der Waals surface area contributed by atoms with Gasteiger partial charge in [0, 0.05) is 44.5 Å². The molecule has 0 radical (unpaired) electrons. The lowest BCUT2D eigenvalue weighted by atomic mass is 10.2. The van der Waals surface area contributed by atoms with Gasteiger partial charge in [-0.15, -0.1) is 12.6 Å². The predicted molar refractivity (Wildman–Crippen MR) is 62.3 cm³/mol.